The first-order valence-electron chi connectivity index (χ1n) is 16.6. The first-order valence-corrected chi connectivity index (χ1v) is 16.6. The summed E-state index contributed by atoms with van der Waals surface area (Å²) in [6.45, 7) is 0.388. The second-order valence-electron chi connectivity index (χ2n) is 11.3. The molecule has 0 amide bonds. The third-order valence-corrected chi connectivity index (χ3v) is 7.08. The lowest BCUT2D eigenvalue weighted by Gasteiger charge is -2.01. The summed E-state index contributed by atoms with van der Waals surface area (Å²) in [6.07, 6.45) is 9.18. The number of carboxylic acids is 4. The van der Waals surface area contributed by atoms with Crippen molar-refractivity contribution in [2.75, 3.05) is 13.2 Å². The number of aliphatic hydroxyl groups is 2. The summed E-state index contributed by atoms with van der Waals surface area (Å²) in [6, 6.07) is 28.6. The van der Waals surface area contributed by atoms with Gasteiger partial charge in [-0.2, -0.15) is 0 Å². The summed E-state index contributed by atoms with van der Waals surface area (Å²) in [5.74, 6) is -3.63. The van der Waals surface area contributed by atoms with Crippen LogP contribution in [0.4, 0.5) is 0 Å². The first-order chi connectivity index (χ1) is 25.9. The largest absolute Gasteiger partial charge is 0.481 e. The Bertz CT molecular complexity index is 1660. The minimum atomic E-state index is -1.00. The maximum atomic E-state index is 10.4. The van der Waals surface area contributed by atoms with Gasteiger partial charge < -0.3 is 30.6 Å². The summed E-state index contributed by atoms with van der Waals surface area (Å²) in [5, 5.41) is 51.1. The molecule has 0 aromatic heterocycles. The Hall–Kier alpha value is -6.50. The van der Waals surface area contributed by atoms with Gasteiger partial charge in [-0.25, -0.2) is 9.59 Å². The number of aliphatic carboxylic acids is 4. The van der Waals surface area contributed by atoms with E-state index in [2.05, 4.69) is 0 Å². The number of carbonyl (C=O) groups excluding carboxylic acids is 2. The van der Waals surface area contributed by atoms with Crippen LogP contribution in [0, 0.1) is 0 Å². The van der Waals surface area contributed by atoms with Crippen LogP contribution in [-0.2, 0) is 44.9 Å². The zero-order valence-electron chi connectivity index (χ0n) is 29.5. The van der Waals surface area contributed by atoms with E-state index in [0.717, 1.165) is 58.1 Å². The Morgan fingerprint density at radius 1 is 0.407 bits per heavy atom. The van der Waals surface area contributed by atoms with Gasteiger partial charge in [-0.1, -0.05) is 97.1 Å². The van der Waals surface area contributed by atoms with Crippen molar-refractivity contribution in [2.45, 2.75) is 38.5 Å². The van der Waals surface area contributed by atoms with Crippen LogP contribution in [0.15, 0.2) is 109 Å². The highest BCUT2D eigenvalue weighted by Crippen LogP contribution is 2.10. The van der Waals surface area contributed by atoms with Crippen molar-refractivity contribution in [3.8, 4) is 0 Å². The normalized spacial score (nSPS) is 10.1. The molecule has 0 aliphatic rings. The molecule has 6 N–H and O–H groups in total. The first kappa shape index (κ1) is 45.5. The van der Waals surface area contributed by atoms with Crippen molar-refractivity contribution in [1.29, 1.82) is 0 Å². The molecule has 0 heterocycles. The molecule has 4 aromatic rings. The van der Waals surface area contributed by atoms with Gasteiger partial charge in [0.25, 0.3) is 0 Å². The molecule has 0 saturated heterocycles. The van der Waals surface area contributed by atoms with Crippen LogP contribution in [0.1, 0.15) is 66.9 Å². The Kier molecular flexibility index (Phi) is 22.9. The number of rotatable bonds is 16. The molecule has 284 valence electrons. The molecule has 0 atom stereocenters. The quantitative estimate of drug-likeness (QED) is 0.0604. The standard InChI is InChI=1S/C12H14O4.C12H10O4.C10H14O2.C8H6O2/c2*13-11(14)7-5-9-1-2-10(4-3-9)6-8-12(15)16;11-7-5-9-1-2-10(4-3-9)6-8-12;9-5-7-1-2-8(6-10)4-3-7/h1-4H,5-8H2,(H,13,14)(H,15,16);1-8H,(H,13,14)(H,15,16);1-4,11-12H,5-8H2;1-6H/b;7-5+,8-6+;;. The lowest BCUT2D eigenvalue weighted by molar-refractivity contribution is -0.138. The lowest BCUT2D eigenvalue weighted by atomic mass is 10.0. The molecule has 12 nitrogen and oxygen atoms in total. The monoisotopic (exact) mass is 740 g/mol. The number of hydrogen-bond acceptors (Lipinski definition) is 8. The van der Waals surface area contributed by atoms with Gasteiger partial charge in [-0.05, 0) is 71.2 Å². The average molecular weight is 741 g/mol. The number of benzene rings is 4. The molecule has 0 unspecified atom stereocenters. The Morgan fingerprint density at radius 2 is 0.667 bits per heavy atom. The van der Waals surface area contributed by atoms with Crippen molar-refractivity contribution < 1.29 is 59.4 Å². The van der Waals surface area contributed by atoms with Crippen molar-refractivity contribution in [3.63, 3.8) is 0 Å². The third kappa shape index (κ3) is 22.3. The fourth-order valence-electron chi connectivity index (χ4n) is 4.21. The second-order valence-corrected chi connectivity index (χ2v) is 11.3. The molecule has 0 radical (unpaired) electrons. The summed E-state index contributed by atoms with van der Waals surface area (Å²) in [4.78, 5) is 61.4. The highest BCUT2D eigenvalue weighted by molar-refractivity contribution is 5.86. The summed E-state index contributed by atoms with van der Waals surface area (Å²) in [7, 11) is 0. The van der Waals surface area contributed by atoms with Crippen LogP contribution in [0.5, 0.6) is 0 Å². The summed E-state index contributed by atoms with van der Waals surface area (Å²) >= 11 is 0. The number of carboxylic acid groups (broad SMARTS) is 4. The van der Waals surface area contributed by atoms with Crippen LogP contribution in [0.25, 0.3) is 12.2 Å². The lowest BCUT2D eigenvalue weighted by Crippen LogP contribution is -1.99. The smallest absolute Gasteiger partial charge is 0.328 e. The van der Waals surface area contributed by atoms with E-state index in [1.165, 1.54) is 12.2 Å². The molecule has 0 bridgehead atoms. The van der Waals surface area contributed by atoms with Gasteiger partial charge in [0.15, 0.2) is 0 Å². The van der Waals surface area contributed by atoms with E-state index in [-0.39, 0.29) is 26.1 Å². The number of aldehydes is 2. The molecular formula is C42H44O12. The Labute approximate surface area is 313 Å². The van der Waals surface area contributed by atoms with Crippen molar-refractivity contribution in [1.82, 2.24) is 0 Å². The summed E-state index contributed by atoms with van der Waals surface area (Å²) < 4.78 is 0. The summed E-state index contributed by atoms with van der Waals surface area (Å²) in [5.41, 5.74) is 6.86. The van der Waals surface area contributed by atoms with Gasteiger partial charge in [-0.3, -0.25) is 19.2 Å². The zero-order valence-corrected chi connectivity index (χ0v) is 29.5. The molecule has 12 heteroatoms. The van der Waals surface area contributed by atoms with Crippen LogP contribution >= 0.6 is 0 Å². The van der Waals surface area contributed by atoms with Crippen molar-refractivity contribution in [3.05, 3.63) is 154 Å². The van der Waals surface area contributed by atoms with Crippen molar-refractivity contribution >= 4 is 48.6 Å². The van der Waals surface area contributed by atoms with Gasteiger partial charge >= 0.3 is 23.9 Å². The van der Waals surface area contributed by atoms with E-state index in [4.69, 9.17) is 30.6 Å². The predicted molar refractivity (Wildman–Crippen MR) is 203 cm³/mol. The topological polar surface area (TPSA) is 224 Å². The van der Waals surface area contributed by atoms with Crippen molar-refractivity contribution in [2.24, 2.45) is 0 Å². The maximum absolute atomic E-state index is 10.4. The van der Waals surface area contributed by atoms with Gasteiger partial charge in [0.05, 0.1) is 0 Å². The van der Waals surface area contributed by atoms with Gasteiger partial charge in [0.1, 0.15) is 12.6 Å². The predicted octanol–water partition coefficient (Wildman–Crippen LogP) is 5.67. The van der Waals surface area contributed by atoms with E-state index in [1.807, 2.05) is 48.5 Å². The van der Waals surface area contributed by atoms with E-state index in [1.54, 1.807) is 48.5 Å². The minimum absolute atomic E-state index is 0.120. The SMILES string of the molecule is O=C(O)/C=C/c1ccc(/C=C/C(=O)O)cc1.O=C(O)CCc1ccc(CCC(=O)O)cc1.O=Cc1ccc(C=O)cc1.OCCc1ccc(CCO)cc1. The average Bonchev–Trinajstić information content (AvgIpc) is 3.17. The maximum Gasteiger partial charge on any atom is 0.328 e. The molecule has 4 rings (SSSR count). The highest BCUT2D eigenvalue weighted by Gasteiger charge is 2.02. The number of hydrogen-bond donors (Lipinski definition) is 6. The molecule has 0 saturated carbocycles. The number of carbonyl (C=O) groups is 6. The minimum Gasteiger partial charge on any atom is -0.481 e. The third-order valence-electron chi connectivity index (χ3n) is 7.08. The van der Waals surface area contributed by atoms with Crippen LogP contribution in [-0.4, -0.2) is 80.3 Å². The van der Waals surface area contributed by atoms with E-state index in [0.29, 0.717) is 36.8 Å². The fourth-order valence-corrected chi connectivity index (χ4v) is 4.21. The van der Waals surface area contributed by atoms with Crippen LogP contribution in [0.3, 0.4) is 0 Å². The second kappa shape index (κ2) is 27.2. The molecule has 0 spiro atoms. The molecular weight excluding hydrogens is 696 g/mol. The van der Waals surface area contributed by atoms with Crippen LogP contribution in [0.2, 0.25) is 0 Å². The molecule has 54 heavy (non-hydrogen) atoms. The molecule has 0 fully saturated rings. The Morgan fingerprint density at radius 3 is 0.889 bits per heavy atom. The highest BCUT2D eigenvalue weighted by atomic mass is 16.4. The molecule has 0 aliphatic carbocycles. The molecule has 4 aromatic carbocycles. The molecule has 0 aliphatic heterocycles. The van der Waals surface area contributed by atoms with Gasteiger partial charge in [0.2, 0.25) is 0 Å². The zero-order chi connectivity index (χ0) is 40.1. The number of aryl methyl sites for hydroxylation is 2. The van der Waals surface area contributed by atoms with Gasteiger partial charge in [0, 0.05) is 49.3 Å². The van der Waals surface area contributed by atoms with Gasteiger partial charge in [-0.15, -0.1) is 0 Å². The number of aliphatic hydroxyl groups excluding tert-OH is 2. The van der Waals surface area contributed by atoms with E-state index >= 15 is 0 Å². The van der Waals surface area contributed by atoms with E-state index in [9.17, 15) is 28.8 Å². The Balaban J connectivity index is 0.000000366. The van der Waals surface area contributed by atoms with E-state index < -0.39 is 23.9 Å². The van der Waals surface area contributed by atoms with Crippen LogP contribution < -0.4 is 0 Å². The fraction of sp³-hybridized carbons (Fsp3) is 0.190.